The van der Waals surface area contributed by atoms with Gasteiger partial charge in [0.1, 0.15) is 0 Å². The Kier molecular flexibility index (Phi) is 4.54. The summed E-state index contributed by atoms with van der Waals surface area (Å²) in [5.74, 6) is -0.623. The Labute approximate surface area is 108 Å². The highest BCUT2D eigenvalue weighted by Gasteiger charge is 2.50. The molecule has 0 bridgehead atoms. The van der Waals surface area contributed by atoms with E-state index in [0.29, 0.717) is 25.2 Å². The Balaban J connectivity index is 2.83. The predicted octanol–water partition coefficient (Wildman–Crippen LogP) is 2.48. The van der Waals surface area contributed by atoms with Crippen LogP contribution in [0.1, 0.15) is 41.0 Å². The first-order valence-electron chi connectivity index (χ1n) is 6.40. The molecule has 1 saturated carbocycles. The summed E-state index contributed by atoms with van der Waals surface area (Å²) in [6.45, 7) is 10.0. The van der Waals surface area contributed by atoms with E-state index in [1.807, 2.05) is 13.8 Å². The van der Waals surface area contributed by atoms with Crippen molar-refractivity contribution in [2.24, 2.45) is 11.3 Å². The van der Waals surface area contributed by atoms with Crippen LogP contribution in [0.4, 0.5) is 0 Å². The van der Waals surface area contributed by atoms with Gasteiger partial charge in [0.25, 0.3) is 0 Å². The summed E-state index contributed by atoms with van der Waals surface area (Å²) >= 11 is 0. The lowest BCUT2D eigenvalue weighted by atomic mass is 9.57. The molecular weight excluding hydrogens is 232 g/mol. The fraction of sp³-hybridized carbons (Fsp3) is 0.714. The summed E-state index contributed by atoms with van der Waals surface area (Å²) in [4.78, 5) is 23.4. The number of hydrogen-bond donors (Lipinski definition) is 0. The van der Waals surface area contributed by atoms with Gasteiger partial charge < -0.3 is 9.47 Å². The minimum atomic E-state index is -0.316. The molecule has 102 valence electrons. The van der Waals surface area contributed by atoms with Crippen molar-refractivity contribution in [3.63, 3.8) is 0 Å². The number of allylic oxidation sites excluding steroid dienone is 1. The summed E-state index contributed by atoms with van der Waals surface area (Å²) in [5, 5.41) is 0. The lowest BCUT2D eigenvalue weighted by Crippen LogP contribution is -2.44. The zero-order valence-electron chi connectivity index (χ0n) is 11.8. The maximum atomic E-state index is 11.7. The van der Waals surface area contributed by atoms with Gasteiger partial charge >= 0.3 is 11.9 Å². The lowest BCUT2D eigenvalue weighted by Gasteiger charge is -2.46. The molecule has 1 aliphatic carbocycles. The van der Waals surface area contributed by atoms with Crippen molar-refractivity contribution >= 4 is 11.9 Å². The largest absolute Gasteiger partial charge is 0.466 e. The summed E-state index contributed by atoms with van der Waals surface area (Å²) in [7, 11) is 0. The molecule has 0 aliphatic heterocycles. The van der Waals surface area contributed by atoms with Gasteiger partial charge in [0.05, 0.1) is 19.1 Å². The van der Waals surface area contributed by atoms with Crippen LogP contribution in [0.15, 0.2) is 11.1 Å². The predicted molar refractivity (Wildman–Crippen MR) is 67.9 cm³/mol. The molecule has 1 unspecified atom stereocenters. The van der Waals surface area contributed by atoms with Crippen molar-refractivity contribution in [1.29, 1.82) is 0 Å². The molecular formula is C14H22O4. The molecule has 0 amide bonds. The summed E-state index contributed by atoms with van der Waals surface area (Å²) in [6, 6.07) is 0. The monoisotopic (exact) mass is 254 g/mol. The first kappa shape index (κ1) is 14.7. The molecule has 0 aromatic carbocycles. The Morgan fingerprint density at radius 1 is 1.22 bits per heavy atom. The Bertz CT molecular complexity index is 379. The van der Waals surface area contributed by atoms with Crippen LogP contribution < -0.4 is 0 Å². The van der Waals surface area contributed by atoms with Crippen LogP contribution in [0, 0.1) is 11.3 Å². The molecule has 0 aromatic rings. The van der Waals surface area contributed by atoms with E-state index in [1.165, 1.54) is 0 Å². The zero-order chi connectivity index (χ0) is 13.9. The van der Waals surface area contributed by atoms with Crippen LogP contribution in [0.3, 0.4) is 0 Å². The summed E-state index contributed by atoms with van der Waals surface area (Å²) < 4.78 is 10.0. The molecule has 4 nitrogen and oxygen atoms in total. The summed E-state index contributed by atoms with van der Waals surface area (Å²) in [5.41, 5.74) is 1.31. The number of ether oxygens (including phenoxy) is 2. The number of carbonyl (C=O) groups is 2. The van der Waals surface area contributed by atoms with E-state index in [4.69, 9.17) is 9.47 Å². The molecule has 0 N–H and O–H groups in total. The molecule has 0 spiro atoms. The van der Waals surface area contributed by atoms with Gasteiger partial charge in [-0.15, -0.1) is 0 Å². The van der Waals surface area contributed by atoms with E-state index >= 15 is 0 Å². The maximum absolute atomic E-state index is 11.7. The van der Waals surface area contributed by atoms with Crippen LogP contribution in [0.5, 0.6) is 0 Å². The Morgan fingerprint density at radius 2 is 1.78 bits per heavy atom. The van der Waals surface area contributed by atoms with E-state index < -0.39 is 0 Å². The highest BCUT2D eigenvalue weighted by Crippen LogP contribution is 2.52. The Morgan fingerprint density at radius 3 is 2.22 bits per heavy atom. The van der Waals surface area contributed by atoms with E-state index in [1.54, 1.807) is 20.8 Å². The number of esters is 2. The lowest BCUT2D eigenvalue weighted by molar-refractivity contribution is -0.155. The highest BCUT2D eigenvalue weighted by molar-refractivity contribution is 5.90. The molecule has 1 rings (SSSR count). The van der Waals surface area contributed by atoms with Crippen LogP contribution in [-0.4, -0.2) is 25.2 Å². The second-order valence-corrected chi connectivity index (χ2v) is 5.05. The molecule has 4 heteroatoms. The van der Waals surface area contributed by atoms with Crippen molar-refractivity contribution in [1.82, 2.24) is 0 Å². The van der Waals surface area contributed by atoms with Crippen molar-refractivity contribution in [3.05, 3.63) is 11.1 Å². The van der Waals surface area contributed by atoms with Crippen LogP contribution >= 0.6 is 0 Å². The van der Waals surface area contributed by atoms with Gasteiger partial charge in [0.15, 0.2) is 0 Å². The smallest absolute Gasteiger partial charge is 0.333 e. The highest BCUT2D eigenvalue weighted by atomic mass is 16.5. The first-order chi connectivity index (χ1) is 8.36. The second kappa shape index (κ2) is 5.55. The average molecular weight is 254 g/mol. The molecule has 0 aromatic heterocycles. The van der Waals surface area contributed by atoms with E-state index in [9.17, 15) is 9.59 Å². The topological polar surface area (TPSA) is 52.6 Å². The SMILES string of the molecule is CCOC(=O)/C(C)=C1/CC(C(=O)OCC)C1(C)C. The van der Waals surface area contributed by atoms with Crippen LogP contribution in [-0.2, 0) is 19.1 Å². The normalized spacial score (nSPS) is 23.9. The fourth-order valence-corrected chi connectivity index (χ4v) is 2.42. The number of carbonyl (C=O) groups excluding carboxylic acids is 2. The third kappa shape index (κ3) is 2.57. The third-order valence-corrected chi connectivity index (χ3v) is 3.66. The maximum Gasteiger partial charge on any atom is 0.333 e. The molecule has 0 heterocycles. The van der Waals surface area contributed by atoms with E-state index in [2.05, 4.69) is 0 Å². The fourth-order valence-electron chi connectivity index (χ4n) is 2.42. The molecule has 0 radical (unpaired) electrons. The standard InChI is InChI=1S/C14H22O4/c1-6-17-12(15)9(3)10-8-11(14(10,4)5)13(16)18-7-2/h11H,6-8H2,1-5H3/b10-9-. The number of rotatable bonds is 4. The van der Waals surface area contributed by atoms with Gasteiger partial charge in [-0.3, -0.25) is 4.79 Å². The van der Waals surface area contributed by atoms with Gasteiger partial charge in [0.2, 0.25) is 0 Å². The zero-order valence-corrected chi connectivity index (χ0v) is 11.8. The second-order valence-electron chi connectivity index (χ2n) is 5.05. The van der Waals surface area contributed by atoms with Crippen molar-refractivity contribution in [2.45, 2.75) is 41.0 Å². The minimum absolute atomic E-state index is 0.156. The van der Waals surface area contributed by atoms with Gasteiger partial charge in [-0.1, -0.05) is 19.4 Å². The molecule has 18 heavy (non-hydrogen) atoms. The van der Waals surface area contributed by atoms with Crippen molar-refractivity contribution in [3.8, 4) is 0 Å². The minimum Gasteiger partial charge on any atom is -0.466 e. The quantitative estimate of drug-likeness (QED) is 0.571. The number of hydrogen-bond acceptors (Lipinski definition) is 4. The van der Waals surface area contributed by atoms with E-state index in [-0.39, 0.29) is 23.3 Å². The average Bonchev–Trinajstić information content (AvgIpc) is 2.28. The van der Waals surface area contributed by atoms with Crippen molar-refractivity contribution in [2.75, 3.05) is 13.2 Å². The molecule has 0 saturated heterocycles. The van der Waals surface area contributed by atoms with Gasteiger partial charge in [0, 0.05) is 11.0 Å². The van der Waals surface area contributed by atoms with Gasteiger partial charge in [-0.05, 0) is 27.2 Å². The molecule has 1 atom stereocenters. The van der Waals surface area contributed by atoms with Crippen LogP contribution in [0.2, 0.25) is 0 Å². The van der Waals surface area contributed by atoms with Crippen LogP contribution in [0.25, 0.3) is 0 Å². The van der Waals surface area contributed by atoms with Gasteiger partial charge in [-0.2, -0.15) is 0 Å². The third-order valence-electron chi connectivity index (χ3n) is 3.66. The molecule has 1 fully saturated rings. The molecule has 1 aliphatic rings. The van der Waals surface area contributed by atoms with E-state index in [0.717, 1.165) is 5.57 Å². The van der Waals surface area contributed by atoms with Gasteiger partial charge in [-0.25, -0.2) is 4.79 Å². The summed E-state index contributed by atoms with van der Waals surface area (Å²) in [6.07, 6.45) is 0.594. The first-order valence-corrected chi connectivity index (χ1v) is 6.40. The van der Waals surface area contributed by atoms with Crippen molar-refractivity contribution < 1.29 is 19.1 Å². The Hall–Kier alpha value is -1.32.